The maximum atomic E-state index is 11.7. The van der Waals surface area contributed by atoms with Crippen LogP contribution in [-0.2, 0) is 9.59 Å². The van der Waals surface area contributed by atoms with Gasteiger partial charge in [0, 0.05) is 32.7 Å². The second-order valence-electron chi connectivity index (χ2n) is 4.14. The monoisotopic (exact) mass is 227 g/mol. The average Bonchev–Trinajstić information content (AvgIpc) is 2.29. The number of likely N-dealkylation sites (N-methyl/N-ethyl adjacent to an activating group) is 2. The van der Waals surface area contributed by atoms with Gasteiger partial charge < -0.3 is 15.1 Å². The van der Waals surface area contributed by atoms with Gasteiger partial charge in [-0.15, -0.1) is 0 Å². The van der Waals surface area contributed by atoms with Gasteiger partial charge in [0.2, 0.25) is 0 Å². The van der Waals surface area contributed by atoms with Crippen LogP contribution in [0.5, 0.6) is 0 Å². The van der Waals surface area contributed by atoms with Gasteiger partial charge in [-0.2, -0.15) is 0 Å². The molecule has 1 rings (SSSR count). The summed E-state index contributed by atoms with van der Waals surface area (Å²) in [7, 11) is 1.67. The van der Waals surface area contributed by atoms with Crippen LogP contribution in [0.25, 0.3) is 0 Å². The minimum atomic E-state index is -0.391. The van der Waals surface area contributed by atoms with Gasteiger partial charge in [-0.05, 0) is 13.0 Å². The standard InChI is InChI=1S/C11H21N3O2/c1-4-9(12-5-2)8-14-7-6-13(3)10(15)11(14)16/h9,12H,4-8H2,1-3H3. The molecule has 16 heavy (non-hydrogen) atoms. The molecule has 0 aromatic rings. The van der Waals surface area contributed by atoms with E-state index in [0.717, 1.165) is 13.0 Å². The van der Waals surface area contributed by atoms with Crippen molar-refractivity contribution in [2.45, 2.75) is 26.3 Å². The van der Waals surface area contributed by atoms with E-state index in [-0.39, 0.29) is 11.9 Å². The number of hydrogen-bond acceptors (Lipinski definition) is 3. The second-order valence-corrected chi connectivity index (χ2v) is 4.14. The minimum absolute atomic E-state index is 0.283. The zero-order chi connectivity index (χ0) is 12.1. The molecule has 5 heteroatoms. The first-order chi connectivity index (χ1) is 7.60. The third-order valence-electron chi connectivity index (χ3n) is 2.95. The van der Waals surface area contributed by atoms with E-state index in [4.69, 9.17) is 0 Å². The summed E-state index contributed by atoms with van der Waals surface area (Å²) in [6, 6.07) is 0.283. The lowest BCUT2D eigenvalue weighted by Crippen LogP contribution is -2.55. The van der Waals surface area contributed by atoms with Crippen molar-refractivity contribution >= 4 is 11.8 Å². The summed E-state index contributed by atoms with van der Waals surface area (Å²) >= 11 is 0. The Hall–Kier alpha value is -1.10. The fourth-order valence-corrected chi connectivity index (χ4v) is 1.84. The molecule has 5 nitrogen and oxygen atoms in total. The van der Waals surface area contributed by atoms with Crippen LogP contribution in [0.4, 0.5) is 0 Å². The molecule has 0 spiro atoms. The topological polar surface area (TPSA) is 52.6 Å². The van der Waals surface area contributed by atoms with Crippen LogP contribution in [-0.4, -0.2) is 60.9 Å². The highest BCUT2D eigenvalue weighted by atomic mass is 16.2. The normalized spacial score (nSPS) is 19.2. The van der Waals surface area contributed by atoms with E-state index in [0.29, 0.717) is 19.6 Å². The van der Waals surface area contributed by atoms with Crippen LogP contribution >= 0.6 is 0 Å². The Morgan fingerprint density at radius 2 is 1.94 bits per heavy atom. The summed E-state index contributed by atoms with van der Waals surface area (Å²) in [5.41, 5.74) is 0. The number of piperazine rings is 1. The number of nitrogens with zero attached hydrogens (tertiary/aromatic N) is 2. The molecule has 0 radical (unpaired) electrons. The van der Waals surface area contributed by atoms with Crippen LogP contribution in [0.1, 0.15) is 20.3 Å². The third-order valence-corrected chi connectivity index (χ3v) is 2.95. The number of carbonyl (C=O) groups is 2. The fourth-order valence-electron chi connectivity index (χ4n) is 1.84. The number of hydrogen-bond donors (Lipinski definition) is 1. The minimum Gasteiger partial charge on any atom is -0.336 e. The number of rotatable bonds is 5. The van der Waals surface area contributed by atoms with Crippen molar-refractivity contribution in [3.05, 3.63) is 0 Å². The van der Waals surface area contributed by atoms with E-state index < -0.39 is 5.91 Å². The molecular weight excluding hydrogens is 206 g/mol. The lowest BCUT2D eigenvalue weighted by Gasteiger charge is -2.33. The van der Waals surface area contributed by atoms with Crippen LogP contribution in [0, 0.1) is 0 Å². The Morgan fingerprint density at radius 1 is 1.25 bits per heavy atom. The zero-order valence-electron chi connectivity index (χ0n) is 10.3. The molecular formula is C11H21N3O2. The van der Waals surface area contributed by atoms with E-state index in [9.17, 15) is 9.59 Å². The summed E-state index contributed by atoms with van der Waals surface area (Å²) in [5, 5.41) is 3.31. The van der Waals surface area contributed by atoms with Crippen molar-refractivity contribution in [2.24, 2.45) is 0 Å². The summed E-state index contributed by atoms with van der Waals surface area (Å²) in [6.07, 6.45) is 0.960. The van der Waals surface area contributed by atoms with Gasteiger partial charge in [0.1, 0.15) is 0 Å². The highest BCUT2D eigenvalue weighted by molar-refractivity contribution is 6.35. The maximum Gasteiger partial charge on any atom is 0.312 e. The molecule has 1 aliphatic rings. The Labute approximate surface area is 96.8 Å². The third kappa shape index (κ3) is 2.95. The molecule has 0 aliphatic carbocycles. The molecule has 0 aromatic heterocycles. The molecule has 0 bridgehead atoms. The van der Waals surface area contributed by atoms with Crippen molar-refractivity contribution < 1.29 is 9.59 Å². The maximum absolute atomic E-state index is 11.7. The van der Waals surface area contributed by atoms with E-state index >= 15 is 0 Å². The Bertz CT molecular complexity index is 268. The summed E-state index contributed by atoms with van der Waals surface area (Å²) < 4.78 is 0. The highest BCUT2D eigenvalue weighted by Crippen LogP contribution is 2.05. The van der Waals surface area contributed by atoms with E-state index in [1.807, 2.05) is 6.92 Å². The predicted octanol–water partition coefficient (Wildman–Crippen LogP) is -0.325. The Morgan fingerprint density at radius 3 is 2.50 bits per heavy atom. The Balaban J connectivity index is 2.54. The summed E-state index contributed by atoms with van der Waals surface area (Å²) in [4.78, 5) is 26.3. The quantitative estimate of drug-likeness (QED) is 0.655. The van der Waals surface area contributed by atoms with E-state index in [1.165, 1.54) is 4.90 Å². The zero-order valence-corrected chi connectivity index (χ0v) is 10.3. The lowest BCUT2D eigenvalue weighted by atomic mass is 10.2. The fraction of sp³-hybridized carbons (Fsp3) is 0.818. The van der Waals surface area contributed by atoms with Gasteiger partial charge in [-0.3, -0.25) is 9.59 Å². The average molecular weight is 227 g/mol. The molecule has 2 amide bonds. The van der Waals surface area contributed by atoms with E-state index in [2.05, 4.69) is 12.2 Å². The molecule has 1 saturated heterocycles. The van der Waals surface area contributed by atoms with Gasteiger partial charge in [-0.1, -0.05) is 13.8 Å². The molecule has 0 aromatic carbocycles. The highest BCUT2D eigenvalue weighted by Gasteiger charge is 2.30. The molecule has 0 saturated carbocycles. The predicted molar refractivity (Wildman–Crippen MR) is 62.0 cm³/mol. The van der Waals surface area contributed by atoms with Crippen LogP contribution < -0.4 is 5.32 Å². The first-order valence-corrected chi connectivity index (χ1v) is 5.87. The van der Waals surface area contributed by atoms with Gasteiger partial charge >= 0.3 is 11.8 Å². The molecule has 1 aliphatic heterocycles. The summed E-state index contributed by atoms with van der Waals surface area (Å²) in [5.74, 6) is -0.761. The van der Waals surface area contributed by atoms with Crippen molar-refractivity contribution in [3.8, 4) is 0 Å². The van der Waals surface area contributed by atoms with E-state index in [1.54, 1.807) is 11.9 Å². The van der Waals surface area contributed by atoms with Gasteiger partial charge in [0.15, 0.2) is 0 Å². The number of nitrogens with one attached hydrogen (secondary N) is 1. The molecule has 1 N–H and O–H groups in total. The smallest absolute Gasteiger partial charge is 0.312 e. The first kappa shape index (κ1) is 13.0. The molecule has 1 atom stereocenters. The van der Waals surface area contributed by atoms with Gasteiger partial charge in [0.25, 0.3) is 0 Å². The summed E-state index contributed by atoms with van der Waals surface area (Å²) in [6.45, 7) is 6.91. The number of amides is 2. The van der Waals surface area contributed by atoms with Crippen molar-refractivity contribution in [2.75, 3.05) is 33.2 Å². The SMILES string of the molecule is CCNC(CC)CN1CCN(C)C(=O)C1=O. The largest absolute Gasteiger partial charge is 0.336 e. The first-order valence-electron chi connectivity index (χ1n) is 5.87. The van der Waals surface area contributed by atoms with Crippen molar-refractivity contribution in [3.63, 3.8) is 0 Å². The van der Waals surface area contributed by atoms with Crippen molar-refractivity contribution in [1.29, 1.82) is 0 Å². The van der Waals surface area contributed by atoms with Gasteiger partial charge in [0.05, 0.1) is 0 Å². The second kappa shape index (κ2) is 5.84. The van der Waals surface area contributed by atoms with Crippen LogP contribution in [0.2, 0.25) is 0 Å². The molecule has 92 valence electrons. The molecule has 1 fully saturated rings. The van der Waals surface area contributed by atoms with Gasteiger partial charge in [-0.25, -0.2) is 0 Å². The number of carbonyl (C=O) groups excluding carboxylic acids is 2. The van der Waals surface area contributed by atoms with Crippen LogP contribution in [0.15, 0.2) is 0 Å². The Kier molecular flexibility index (Phi) is 4.73. The molecule has 1 unspecified atom stereocenters. The molecule has 1 heterocycles. The van der Waals surface area contributed by atoms with Crippen LogP contribution in [0.3, 0.4) is 0 Å². The lowest BCUT2D eigenvalue weighted by molar-refractivity contribution is -0.155. The van der Waals surface area contributed by atoms with Crippen molar-refractivity contribution in [1.82, 2.24) is 15.1 Å².